The largest absolute Gasteiger partial charge is 0.394 e. The average molecular weight is 202 g/mol. The van der Waals surface area contributed by atoms with E-state index in [0.29, 0.717) is 5.92 Å². The molecule has 0 unspecified atom stereocenters. The molecule has 1 saturated heterocycles. The Bertz CT molecular complexity index is 147. The fraction of sp³-hybridized carbons (Fsp3) is 1.00. The minimum Gasteiger partial charge on any atom is -0.394 e. The summed E-state index contributed by atoms with van der Waals surface area (Å²) in [6, 6.07) is 0. The number of aliphatic hydroxyl groups excluding tert-OH is 1. The Morgan fingerprint density at radius 1 is 1.43 bits per heavy atom. The van der Waals surface area contributed by atoms with E-state index in [1.54, 1.807) is 0 Å². The van der Waals surface area contributed by atoms with Gasteiger partial charge in [0, 0.05) is 6.61 Å². The smallest absolute Gasteiger partial charge is 0.158 e. The molecule has 0 aromatic rings. The highest BCUT2D eigenvalue weighted by atomic mass is 16.7. The molecule has 1 heterocycles. The number of rotatable bonds is 5. The van der Waals surface area contributed by atoms with Crippen molar-refractivity contribution in [2.75, 3.05) is 13.2 Å². The molecule has 0 saturated carbocycles. The third-order valence-electron chi connectivity index (χ3n) is 2.51. The van der Waals surface area contributed by atoms with Gasteiger partial charge < -0.3 is 14.6 Å². The summed E-state index contributed by atoms with van der Waals surface area (Å²) in [7, 11) is 0. The van der Waals surface area contributed by atoms with Gasteiger partial charge in [-0.3, -0.25) is 0 Å². The first-order valence-corrected chi connectivity index (χ1v) is 5.60. The molecule has 0 aliphatic carbocycles. The van der Waals surface area contributed by atoms with Crippen molar-refractivity contribution in [3.63, 3.8) is 0 Å². The molecular weight excluding hydrogens is 180 g/mol. The fourth-order valence-electron chi connectivity index (χ4n) is 1.56. The molecule has 1 aliphatic rings. The number of hydrogen-bond donors (Lipinski definition) is 1. The summed E-state index contributed by atoms with van der Waals surface area (Å²) in [5, 5.41) is 8.94. The van der Waals surface area contributed by atoms with E-state index in [2.05, 4.69) is 13.8 Å². The molecule has 0 aromatic heterocycles. The summed E-state index contributed by atoms with van der Waals surface area (Å²) >= 11 is 0. The van der Waals surface area contributed by atoms with Crippen molar-refractivity contribution in [1.82, 2.24) is 0 Å². The monoisotopic (exact) mass is 202 g/mol. The van der Waals surface area contributed by atoms with Crippen molar-refractivity contribution in [1.29, 1.82) is 0 Å². The van der Waals surface area contributed by atoms with Gasteiger partial charge in [0.1, 0.15) is 0 Å². The molecule has 14 heavy (non-hydrogen) atoms. The zero-order valence-electron chi connectivity index (χ0n) is 9.24. The van der Waals surface area contributed by atoms with E-state index in [1.165, 1.54) is 0 Å². The quantitative estimate of drug-likeness (QED) is 0.740. The van der Waals surface area contributed by atoms with Crippen molar-refractivity contribution in [2.45, 2.75) is 51.9 Å². The molecule has 2 atom stereocenters. The SMILES string of the molecule is CC(C)CCO[C@H]1CCC[C@@H](CO)O1. The van der Waals surface area contributed by atoms with E-state index in [4.69, 9.17) is 14.6 Å². The number of aliphatic hydroxyl groups is 1. The summed E-state index contributed by atoms with van der Waals surface area (Å²) in [4.78, 5) is 0. The molecule has 0 amide bonds. The number of hydrogen-bond acceptors (Lipinski definition) is 3. The maximum atomic E-state index is 8.94. The molecule has 1 N–H and O–H groups in total. The molecule has 0 radical (unpaired) electrons. The van der Waals surface area contributed by atoms with Gasteiger partial charge in [-0.15, -0.1) is 0 Å². The summed E-state index contributed by atoms with van der Waals surface area (Å²) in [5.74, 6) is 0.673. The molecule has 3 nitrogen and oxygen atoms in total. The topological polar surface area (TPSA) is 38.7 Å². The lowest BCUT2D eigenvalue weighted by Gasteiger charge is -2.28. The van der Waals surface area contributed by atoms with Crippen LogP contribution in [0.2, 0.25) is 0 Å². The Labute approximate surface area is 86.4 Å². The van der Waals surface area contributed by atoms with Crippen LogP contribution in [0.25, 0.3) is 0 Å². The van der Waals surface area contributed by atoms with Crippen molar-refractivity contribution >= 4 is 0 Å². The van der Waals surface area contributed by atoms with Gasteiger partial charge in [0.2, 0.25) is 0 Å². The summed E-state index contributed by atoms with van der Waals surface area (Å²) in [5.41, 5.74) is 0. The minimum absolute atomic E-state index is 0.00667. The van der Waals surface area contributed by atoms with E-state index in [9.17, 15) is 0 Å². The van der Waals surface area contributed by atoms with Gasteiger partial charge in [0.15, 0.2) is 6.29 Å². The van der Waals surface area contributed by atoms with Crippen molar-refractivity contribution < 1.29 is 14.6 Å². The van der Waals surface area contributed by atoms with E-state index >= 15 is 0 Å². The predicted octanol–water partition coefficient (Wildman–Crippen LogP) is 1.94. The normalized spacial score (nSPS) is 28.3. The Kier molecular flexibility index (Phi) is 5.45. The Balaban J connectivity index is 2.11. The first kappa shape index (κ1) is 12.0. The zero-order valence-corrected chi connectivity index (χ0v) is 9.24. The maximum absolute atomic E-state index is 8.94. The molecule has 3 heteroatoms. The summed E-state index contributed by atoms with van der Waals surface area (Å²) in [6.07, 6.45) is 4.00. The zero-order chi connectivity index (χ0) is 10.4. The summed E-state index contributed by atoms with van der Waals surface area (Å²) < 4.78 is 11.1. The van der Waals surface area contributed by atoms with Gasteiger partial charge in [-0.1, -0.05) is 13.8 Å². The van der Waals surface area contributed by atoms with Crippen molar-refractivity contribution in [3.8, 4) is 0 Å². The molecule has 1 fully saturated rings. The van der Waals surface area contributed by atoms with Crippen LogP contribution in [0, 0.1) is 5.92 Å². The van der Waals surface area contributed by atoms with Gasteiger partial charge in [-0.25, -0.2) is 0 Å². The molecular formula is C11H22O3. The molecule has 84 valence electrons. The Morgan fingerprint density at radius 3 is 2.86 bits per heavy atom. The van der Waals surface area contributed by atoms with E-state index < -0.39 is 0 Å². The fourth-order valence-corrected chi connectivity index (χ4v) is 1.56. The van der Waals surface area contributed by atoms with Crippen LogP contribution in [-0.4, -0.2) is 30.7 Å². The lowest BCUT2D eigenvalue weighted by molar-refractivity contribution is -0.201. The third-order valence-corrected chi connectivity index (χ3v) is 2.51. The van der Waals surface area contributed by atoms with Crippen LogP contribution in [0.15, 0.2) is 0 Å². The van der Waals surface area contributed by atoms with E-state index in [0.717, 1.165) is 32.3 Å². The lowest BCUT2D eigenvalue weighted by atomic mass is 10.1. The Hall–Kier alpha value is -0.120. The van der Waals surface area contributed by atoms with Gasteiger partial charge in [0.05, 0.1) is 12.7 Å². The Morgan fingerprint density at radius 2 is 2.21 bits per heavy atom. The van der Waals surface area contributed by atoms with Crippen LogP contribution in [-0.2, 0) is 9.47 Å². The van der Waals surface area contributed by atoms with Gasteiger partial charge in [0.25, 0.3) is 0 Å². The second-order valence-corrected chi connectivity index (χ2v) is 4.35. The first-order valence-electron chi connectivity index (χ1n) is 5.60. The molecule has 0 aromatic carbocycles. The van der Waals surface area contributed by atoms with Crippen molar-refractivity contribution in [3.05, 3.63) is 0 Å². The second kappa shape index (κ2) is 6.38. The van der Waals surface area contributed by atoms with Gasteiger partial charge in [-0.05, 0) is 31.6 Å². The highest BCUT2D eigenvalue weighted by Crippen LogP contribution is 2.19. The average Bonchev–Trinajstić information content (AvgIpc) is 2.18. The maximum Gasteiger partial charge on any atom is 0.158 e. The van der Waals surface area contributed by atoms with Crippen LogP contribution in [0.1, 0.15) is 39.5 Å². The molecule has 0 bridgehead atoms. The van der Waals surface area contributed by atoms with Gasteiger partial charge in [-0.2, -0.15) is 0 Å². The predicted molar refractivity (Wildman–Crippen MR) is 55.0 cm³/mol. The molecule has 0 spiro atoms. The lowest BCUT2D eigenvalue weighted by Crippen LogP contribution is -2.32. The van der Waals surface area contributed by atoms with Crippen LogP contribution in [0.3, 0.4) is 0 Å². The van der Waals surface area contributed by atoms with Crippen LogP contribution in [0.4, 0.5) is 0 Å². The standard InChI is InChI=1S/C11H22O3/c1-9(2)6-7-13-11-5-3-4-10(8-12)14-11/h9-12H,3-8H2,1-2H3/t10-,11+/m0/s1. The van der Waals surface area contributed by atoms with Crippen LogP contribution in [0.5, 0.6) is 0 Å². The molecule has 1 rings (SSSR count). The van der Waals surface area contributed by atoms with Crippen LogP contribution < -0.4 is 0 Å². The third kappa shape index (κ3) is 4.40. The number of ether oxygens (including phenoxy) is 2. The highest BCUT2D eigenvalue weighted by molar-refractivity contribution is 4.64. The van der Waals surface area contributed by atoms with Crippen LogP contribution >= 0.6 is 0 Å². The van der Waals surface area contributed by atoms with Gasteiger partial charge >= 0.3 is 0 Å². The van der Waals surface area contributed by atoms with Crippen molar-refractivity contribution in [2.24, 2.45) is 5.92 Å². The van der Waals surface area contributed by atoms with E-state index in [-0.39, 0.29) is 19.0 Å². The summed E-state index contributed by atoms with van der Waals surface area (Å²) in [6.45, 7) is 5.24. The van der Waals surface area contributed by atoms with E-state index in [1.807, 2.05) is 0 Å². The minimum atomic E-state index is -0.0837. The molecule has 1 aliphatic heterocycles. The first-order chi connectivity index (χ1) is 6.72. The highest BCUT2D eigenvalue weighted by Gasteiger charge is 2.21. The second-order valence-electron chi connectivity index (χ2n) is 4.35.